The number of hydrogen-bond donors (Lipinski definition) is 0. The SMILES string of the molecule is COCCCN1C(=O)[C@@H]2[C@@H](C1=O)[C@@H](C(=O)c1ccc(Cl)cc1)N1c3ccccc3C=C[C@H]21. The number of para-hydroxylation sites is 1. The molecule has 6 nitrogen and oxygen atoms in total. The summed E-state index contributed by atoms with van der Waals surface area (Å²) in [6, 6.07) is 13.3. The average Bonchev–Trinajstić information content (AvgIpc) is 3.28. The van der Waals surface area contributed by atoms with E-state index < -0.39 is 17.9 Å². The summed E-state index contributed by atoms with van der Waals surface area (Å²) < 4.78 is 5.08. The molecule has 7 heteroatoms. The molecule has 0 N–H and O–H groups in total. The molecule has 0 aromatic heterocycles. The molecule has 0 saturated carbocycles. The van der Waals surface area contributed by atoms with E-state index in [1.54, 1.807) is 31.4 Å². The van der Waals surface area contributed by atoms with Crippen LogP contribution < -0.4 is 4.90 Å². The first-order valence-corrected chi connectivity index (χ1v) is 11.1. The number of fused-ring (bicyclic) bond motifs is 5. The molecule has 32 heavy (non-hydrogen) atoms. The zero-order chi connectivity index (χ0) is 22.4. The summed E-state index contributed by atoms with van der Waals surface area (Å²) in [7, 11) is 1.59. The van der Waals surface area contributed by atoms with Crippen molar-refractivity contribution in [3.63, 3.8) is 0 Å². The zero-order valence-corrected chi connectivity index (χ0v) is 18.4. The Balaban J connectivity index is 1.58. The molecular formula is C25H23ClN2O4. The molecule has 3 aliphatic heterocycles. The highest BCUT2D eigenvalue weighted by Crippen LogP contribution is 2.49. The summed E-state index contributed by atoms with van der Waals surface area (Å²) >= 11 is 6.02. The van der Waals surface area contributed by atoms with Crippen LogP contribution in [-0.4, -0.2) is 54.8 Å². The van der Waals surface area contributed by atoms with Crippen molar-refractivity contribution < 1.29 is 19.1 Å². The molecule has 0 radical (unpaired) electrons. The highest BCUT2D eigenvalue weighted by atomic mass is 35.5. The number of carbonyl (C=O) groups is 3. The molecule has 3 aliphatic rings. The summed E-state index contributed by atoms with van der Waals surface area (Å²) in [4.78, 5) is 43.9. The second-order valence-electron chi connectivity index (χ2n) is 8.36. The summed E-state index contributed by atoms with van der Waals surface area (Å²) in [6.07, 6.45) is 4.50. The Morgan fingerprint density at radius 2 is 1.75 bits per heavy atom. The lowest BCUT2D eigenvalue weighted by molar-refractivity contribution is -0.140. The first kappa shape index (κ1) is 20.9. The van der Waals surface area contributed by atoms with E-state index in [-0.39, 0.29) is 23.6 Å². The van der Waals surface area contributed by atoms with Crippen LogP contribution in [0.25, 0.3) is 6.08 Å². The highest BCUT2D eigenvalue weighted by molar-refractivity contribution is 6.30. The van der Waals surface area contributed by atoms with Crippen LogP contribution in [0.1, 0.15) is 22.3 Å². The predicted molar refractivity (Wildman–Crippen MR) is 122 cm³/mol. The van der Waals surface area contributed by atoms with E-state index in [4.69, 9.17) is 16.3 Å². The third-order valence-electron chi connectivity index (χ3n) is 6.63. The quantitative estimate of drug-likeness (QED) is 0.383. The lowest BCUT2D eigenvalue weighted by Gasteiger charge is -2.36. The Kier molecular flexibility index (Phi) is 5.35. The van der Waals surface area contributed by atoms with Gasteiger partial charge in [-0.1, -0.05) is 42.0 Å². The van der Waals surface area contributed by atoms with E-state index in [2.05, 4.69) is 0 Å². The molecule has 2 aromatic rings. The van der Waals surface area contributed by atoms with Crippen LogP contribution in [0.5, 0.6) is 0 Å². The molecular weight excluding hydrogens is 428 g/mol. The maximum atomic E-state index is 13.8. The van der Waals surface area contributed by atoms with Crippen LogP contribution >= 0.6 is 11.6 Å². The fourth-order valence-electron chi connectivity index (χ4n) is 5.25. The van der Waals surface area contributed by atoms with Crippen molar-refractivity contribution in [1.29, 1.82) is 0 Å². The van der Waals surface area contributed by atoms with Gasteiger partial charge in [0.2, 0.25) is 11.8 Å². The fourth-order valence-corrected chi connectivity index (χ4v) is 5.37. The van der Waals surface area contributed by atoms with E-state index in [0.717, 1.165) is 11.3 Å². The van der Waals surface area contributed by atoms with Gasteiger partial charge in [0.1, 0.15) is 6.04 Å². The molecule has 164 valence electrons. The number of halogens is 1. The van der Waals surface area contributed by atoms with Crippen molar-refractivity contribution in [2.24, 2.45) is 11.8 Å². The Hall–Kier alpha value is -2.96. The van der Waals surface area contributed by atoms with Gasteiger partial charge in [0.15, 0.2) is 5.78 Å². The number of benzene rings is 2. The molecule has 2 saturated heterocycles. The van der Waals surface area contributed by atoms with E-state index in [1.165, 1.54) is 4.90 Å². The summed E-state index contributed by atoms with van der Waals surface area (Å²) in [5, 5.41) is 0.534. The van der Waals surface area contributed by atoms with Gasteiger partial charge in [-0.15, -0.1) is 0 Å². The van der Waals surface area contributed by atoms with Gasteiger partial charge in [-0.2, -0.15) is 0 Å². The average molecular weight is 451 g/mol. The van der Waals surface area contributed by atoms with Crippen molar-refractivity contribution in [3.05, 3.63) is 70.8 Å². The summed E-state index contributed by atoms with van der Waals surface area (Å²) in [6.45, 7) is 0.760. The van der Waals surface area contributed by atoms with Crippen molar-refractivity contribution in [2.75, 3.05) is 25.2 Å². The Morgan fingerprint density at radius 3 is 2.50 bits per heavy atom. The number of hydrogen-bond acceptors (Lipinski definition) is 5. The predicted octanol–water partition coefficient (Wildman–Crippen LogP) is 3.44. The summed E-state index contributed by atoms with van der Waals surface area (Å²) in [5.74, 6) is -1.97. The number of ether oxygens (including phenoxy) is 1. The van der Waals surface area contributed by atoms with Crippen LogP contribution in [-0.2, 0) is 14.3 Å². The summed E-state index contributed by atoms with van der Waals surface area (Å²) in [5.41, 5.74) is 2.31. The van der Waals surface area contributed by atoms with Gasteiger partial charge in [-0.3, -0.25) is 19.3 Å². The van der Waals surface area contributed by atoms with Gasteiger partial charge < -0.3 is 9.64 Å². The number of methoxy groups -OCH3 is 1. The number of Topliss-reactive ketones (excluding diaryl/α,β-unsaturated/α-hetero) is 1. The van der Waals surface area contributed by atoms with Gasteiger partial charge in [0.05, 0.1) is 17.9 Å². The van der Waals surface area contributed by atoms with E-state index in [9.17, 15) is 14.4 Å². The smallest absolute Gasteiger partial charge is 0.235 e. The van der Waals surface area contributed by atoms with Crippen molar-refractivity contribution in [1.82, 2.24) is 4.90 Å². The number of likely N-dealkylation sites (tertiary alicyclic amines) is 1. The van der Waals surface area contributed by atoms with Gasteiger partial charge >= 0.3 is 0 Å². The van der Waals surface area contributed by atoms with Crippen LogP contribution in [0.3, 0.4) is 0 Å². The second kappa shape index (κ2) is 8.19. The van der Waals surface area contributed by atoms with Crippen molar-refractivity contribution in [2.45, 2.75) is 18.5 Å². The lowest BCUT2D eigenvalue weighted by Crippen LogP contribution is -2.48. The molecule has 2 amide bonds. The highest BCUT2D eigenvalue weighted by Gasteiger charge is 2.63. The van der Waals surface area contributed by atoms with Gasteiger partial charge in [-0.05, 0) is 42.3 Å². The maximum absolute atomic E-state index is 13.8. The number of anilines is 1. The topological polar surface area (TPSA) is 66.9 Å². The Bertz CT molecular complexity index is 1110. The molecule has 0 bridgehead atoms. The fraction of sp³-hybridized carbons (Fsp3) is 0.320. The van der Waals surface area contributed by atoms with Crippen LogP contribution in [0.4, 0.5) is 5.69 Å². The number of carbonyl (C=O) groups excluding carboxylic acids is 3. The molecule has 2 aromatic carbocycles. The first-order chi connectivity index (χ1) is 15.5. The maximum Gasteiger partial charge on any atom is 0.235 e. The third-order valence-corrected chi connectivity index (χ3v) is 6.89. The van der Waals surface area contributed by atoms with Crippen molar-refractivity contribution >= 4 is 41.0 Å². The standard InChI is InChI=1S/C25H23ClN2O4/c1-32-14-4-13-27-24(30)20-19-12-9-15-5-2-3-6-18(15)28(19)22(21(20)25(27)31)23(29)16-7-10-17(26)11-8-16/h2-3,5-12,19-22H,4,13-14H2,1H3/t19-,20+,21-,22+/m1/s1. The third kappa shape index (κ3) is 3.17. The van der Waals surface area contributed by atoms with Gasteiger partial charge in [-0.25, -0.2) is 0 Å². The lowest BCUT2D eigenvalue weighted by atomic mass is 9.86. The Morgan fingerprint density at radius 1 is 1.03 bits per heavy atom. The minimum absolute atomic E-state index is 0.177. The minimum Gasteiger partial charge on any atom is -0.385 e. The van der Waals surface area contributed by atoms with Crippen molar-refractivity contribution in [3.8, 4) is 0 Å². The number of amides is 2. The Labute approximate surface area is 191 Å². The van der Waals surface area contributed by atoms with Gasteiger partial charge in [0.25, 0.3) is 0 Å². The molecule has 0 aliphatic carbocycles. The van der Waals surface area contributed by atoms with Gasteiger partial charge in [0, 0.05) is 36.5 Å². The molecule has 0 unspecified atom stereocenters. The molecule has 5 rings (SSSR count). The first-order valence-electron chi connectivity index (χ1n) is 10.7. The number of nitrogens with zero attached hydrogens (tertiary/aromatic N) is 2. The van der Waals surface area contributed by atoms with Crippen LogP contribution in [0, 0.1) is 11.8 Å². The molecule has 0 spiro atoms. The molecule has 3 heterocycles. The normalized spacial score (nSPS) is 25.7. The zero-order valence-electron chi connectivity index (χ0n) is 17.6. The molecule has 2 fully saturated rings. The number of ketones is 1. The minimum atomic E-state index is -0.763. The largest absolute Gasteiger partial charge is 0.385 e. The van der Waals surface area contributed by atoms with E-state index in [1.807, 2.05) is 41.3 Å². The second-order valence-corrected chi connectivity index (χ2v) is 8.79. The monoisotopic (exact) mass is 450 g/mol. The molecule has 4 atom stereocenters. The van der Waals surface area contributed by atoms with E-state index in [0.29, 0.717) is 30.2 Å². The number of rotatable bonds is 6. The van der Waals surface area contributed by atoms with E-state index >= 15 is 0 Å². The number of imide groups is 1. The van der Waals surface area contributed by atoms with Crippen LogP contribution in [0.15, 0.2) is 54.6 Å². The van der Waals surface area contributed by atoms with Crippen LogP contribution in [0.2, 0.25) is 5.02 Å².